The molecule has 0 aromatic heterocycles. The van der Waals surface area contributed by atoms with E-state index in [-0.39, 0.29) is 18.2 Å². The van der Waals surface area contributed by atoms with Crippen LogP contribution in [0.1, 0.15) is 33.5 Å². The molecule has 2 rings (SSSR count). The van der Waals surface area contributed by atoms with E-state index in [4.69, 9.17) is 0 Å². The maximum Gasteiger partial charge on any atom is 0.251 e. The third kappa shape index (κ3) is 4.68. The number of aryl methyl sites for hydroxylation is 3. The minimum absolute atomic E-state index is 0.113. The number of hydrogen-bond donors (Lipinski definition) is 2. The first kappa shape index (κ1) is 16.7. The van der Waals surface area contributed by atoms with Crippen molar-refractivity contribution >= 4 is 17.5 Å². The summed E-state index contributed by atoms with van der Waals surface area (Å²) in [7, 11) is 0. The SMILES string of the molecule is Cc1ccc(NC(=O)CCNC(=O)c2ccccc2C)cc1C. The Hall–Kier alpha value is -2.62. The molecule has 0 fully saturated rings. The van der Waals surface area contributed by atoms with Crippen molar-refractivity contribution in [1.29, 1.82) is 0 Å². The van der Waals surface area contributed by atoms with Crippen molar-refractivity contribution in [2.75, 3.05) is 11.9 Å². The van der Waals surface area contributed by atoms with Gasteiger partial charge in [-0.2, -0.15) is 0 Å². The van der Waals surface area contributed by atoms with Gasteiger partial charge in [0, 0.05) is 24.2 Å². The van der Waals surface area contributed by atoms with E-state index in [9.17, 15) is 9.59 Å². The molecule has 2 amide bonds. The molecule has 4 heteroatoms. The van der Waals surface area contributed by atoms with E-state index >= 15 is 0 Å². The lowest BCUT2D eigenvalue weighted by Gasteiger charge is -2.09. The standard InChI is InChI=1S/C19H22N2O2/c1-13-8-9-16(12-15(13)3)21-18(22)10-11-20-19(23)17-7-5-4-6-14(17)2/h4-9,12H,10-11H2,1-3H3,(H,20,23)(H,21,22). The van der Waals surface area contributed by atoms with Crippen LogP contribution in [0.25, 0.3) is 0 Å². The van der Waals surface area contributed by atoms with Crippen LogP contribution in [-0.4, -0.2) is 18.4 Å². The Balaban J connectivity index is 1.82. The molecule has 2 aromatic carbocycles. The maximum absolute atomic E-state index is 12.0. The normalized spacial score (nSPS) is 10.2. The van der Waals surface area contributed by atoms with Crippen LogP contribution in [-0.2, 0) is 4.79 Å². The van der Waals surface area contributed by atoms with Crippen LogP contribution in [0.4, 0.5) is 5.69 Å². The van der Waals surface area contributed by atoms with Gasteiger partial charge in [0.2, 0.25) is 5.91 Å². The fourth-order valence-corrected chi connectivity index (χ4v) is 2.26. The van der Waals surface area contributed by atoms with Crippen molar-refractivity contribution in [3.63, 3.8) is 0 Å². The monoisotopic (exact) mass is 310 g/mol. The van der Waals surface area contributed by atoms with Crippen molar-refractivity contribution < 1.29 is 9.59 Å². The highest BCUT2D eigenvalue weighted by atomic mass is 16.2. The minimum Gasteiger partial charge on any atom is -0.352 e. The summed E-state index contributed by atoms with van der Waals surface area (Å²) in [5.74, 6) is -0.264. The van der Waals surface area contributed by atoms with Crippen molar-refractivity contribution in [3.8, 4) is 0 Å². The zero-order chi connectivity index (χ0) is 16.8. The van der Waals surface area contributed by atoms with Gasteiger partial charge in [-0.25, -0.2) is 0 Å². The van der Waals surface area contributed by atoms with Gasteiger partial charge in [-0.1, -0.05) is 24.3 Å². The number of carbonyl (C=O) groups excluding carboxylic acids is 2. The summed E-state index contributed by atoms with van der Waals surface area (Å²) >= 11 is 0. The molecular formula is C19H22N2O2. The molecule has 0 unspecified atom stereocenters. The van der Waals surface area contributed by atoms with Gasteiger partial charge in [-0.15, -0.1) is 0 Å². The molecule has 0 heterocycles. The molecule has 0 radical (unpaired) electrons. The van der Waals surface area contributed by atoms with Gasteiger partial charge in [0.1, 0.15) is 0 Å². The number of rotatable bonds is 5. The summed E-state index contributed by atoms with van der Waals surface area (Å²) in [5.41, 5.74) is 4.67. The summed E-state index contributed by atoms with van der Waals surface area (Å²) in [6.45, 7) is 6.24. The lowest BCUT2D eigenvalue weighted by atomic mass is 10.1. The smallest absolute Gasteiger partial charge is 0.251 e. The van der Waals surface area contributed by atoms with Crippen LogP contribution in [0.3, 0.4) is 0 Å². The molecule has 0 bridgehead atoms. The number of nitrogens with one attached hydrogen (secondary N) is 2. The van der Waals surface area contributed by atoms with Crippen LogP contribution in [0.5, 0.6) is 0 Å². The van der Waals surface area contributed by atoms with E-state index in [0.29, 0.717) is 12.1 Å². The van der Waals surface area contributed by atoms with Gasteiger partial charge in [0.05, 0.1) is 0 Å². The Kier molecular flexibility index (Phi) is 5.52. The fourth-order valence-electron chi connectivity index (χ4n) is 2.26. The molecule has 0 saturated carbocycles. The topological polar surface area (TPSA) is 58.2 Å². The first-order chi connectivity index (χ1) is 11.0. The third-order valence-electron chi connectivity index (χ3n) is 3.82. The van der Waals surface area contributed by atoms with Gasteiger partial charge in [0.25, 0.3) is 5.91 Å². The highest BCUT2D eigenvalue weighted by Crippen LogP contribution is 2.14. The number of hydrogen-bond acceptors (Lipinski definition) is 2. The second-order valence-electron chi connectivity index (χ2n) is 5.67. The van der Waals surface area contributed by atoms with E-state index in [1.54, 1.807) is 6.07 Å². The average Bonchev–Trinajstić information content (AvgIpc) is 2.51. The second-order valence-corrected chi connectivity index (χ2v) is 5.67. The molecule has 0 saturated heterocycles. The molecule has 0 aliphatic rings. The van der Waals surface area contributed by atoms with E-state index in [2.05, 4.69) is 10.6 Å². The summed E-state index contributed by atoms with van der Waals surface area (Å²) in [6.07, 6.45) is 0.241. The summed E-state index contributed by atoms with van der Waals surface area (Å²) in [4.78, 5) is 24.0. The molecule has 23 heavy (non-hydrogen) atoms. The molecule has 0 spiro atoms. The molecule has 2 N–H and O–H groups in total. The summed E-state index contributed by atoms with van der Waals surface area (Å²) < 4.78 is 0. The Morgan fingerprint density at radius 2 is 1.65 bits per heavy atom. The lowest BCUT2D eigenvalue weighted by Crippen LogP contribution is -2.28. The van der Waals surface area contributed by atoms with Crippen molar-refractivity contribution in [2.45, 2.75) is 27.2 Å². The first-order valence-electron chi connectivity index (χ1n) is 7.68. The Bertz CT molecular complexity index is 723. The average molecular weight is 310 g/mol. The quantitative estimate of drug-likeness (QED) is 0.889. The first-order valence-corrected chi connectivity index (χ1v) is 7.68. The molecule has 120 valence electrons. The minimum atomic E-state index is -0.151. The van der Waals surface area contributed by atoms with Gasteiger partial charge in [-0.05, 0) is 55.7 Å². The molecule has 2 aromatic rings. The summed E-state index contributed by atoms with van der Waals surface area (Å²) in [5, 5.41) is 5.62. The Morgan fingerprint density at radius 1 is 0.913 bits per heavy atom. The zero-order valence-electron chi connectivity index (χ0n) is 13.8. The zero-order valence-corrected chi connectivity index (χ0v) is 13.8. The van der Waals surface area contributed by atoms with E-state index < -0.39 is 0 Å². The second kappa shape index (κ2) is 7.58. The number of carbonyl (C=O) groups is 2. The van der Waals surface area contributed by atoms with Gasteiger partial charge < -0.3 is 10.6 Å². The third-order valence-corrected chi connectivity index (χ3v) is 3.82. The number of amides is 2. The van der Waals surface area contributed by atoms with E-state index in [1.807, 2.05) is 57.2 Å². The lowest BCUT2D eigenvalue weighted by molar-refractivity contribution is -0.116. The van der Waals surface area contributed by atoms with Gasteiger partial charge in [0.15, 0.2) is 0 Å². The van der Waals surface area contributed by atoms with Crippen LogP contribution in [0.2, 0.25) is 0 Å². The highest BCUT2D eigenvalue weighted by molar-refractivity contribution is 5.96. The van der Waals surface area contributed by atoms with Crippen LogP contribution < -0.4 is 10.6 Å². The largest absolute Gasteiger partial charge is 0.352 e. The Labute approximate surface area is 136 Å². The fraction of sp³-hybridized carbons (Fsp3) is 0.263. The van der Waals surface area contributed by atoms with Crippen LogP contribution >= 0.6 is 0 Å². The predicted octanol–water partition coefficient (Wildman–Crippen LogP) is 3.37. The maximum atomic E-state index is 12.0. The van der Waals surface area contributed by atoms with Crippen molar-refractivity contribution in [2.24, 2.45) is 0 Å². The van der Waals surface area contributed by atoms with Crippen LogP contribution in [0.15, 0.2) is 42.5 Å². The van der Waals surface area contributed by atoms with Crippen LogP contribution in [0, 0.1) is 20.8 Å². The number of anilines is 1. The molecule has 0 atom stereocenters. The van der Waals surface area contributed by atoms with Gasteiger partial charge >= 0.3 is 0 Å². The van der Waals surface area contributed by atoms with E-state index in [0.717, 1.165) is 16.8 Å². The molecule has 0 aliphatic heterocycles. The predicted molar refractivity (Wildman–Crippen MR) is 92.7 cm³/mol. The number of benzene rings is 2. The molecule has 4 nitrogen and oxygen atoms in total. The highest BCUT2D eigenvalue weighted by Gasteiger charge is 2.09. The Morgan fingerprint density at radius 3 is 2.35 bits per heavy atom. The van der Waals surface area contributed by atoms with Crippen molar-refractivity contribution in [1.82, 2.24) is 5.32 Å². The molecular weight excluding hydrogens is 288 g/mol. The summed E-state index contributed by atoms with van der Waals surface area (Å²) in [6, 6.07) is 13.2. The van der Waals surface area contributed by atoms with Gasteiger partial charge in [-0.3, -0.25) is 9.59 Å². The van der Waals surface area contributed by atoms with E-state index in [1.165, 1.54) is 5.56 Å². The molecule has 0 aliphatic carbocycles. The van der Waals surface area contributed by atoms with Crippen molar-refractivity contribution in [3.05, 3.63) is 64.7 Å².